The van der Waals surface area contributed by atoms with Crippen LogP contribution in [0.5, 0.6) is 0 Å². The number of rotatable bonds is 0. The minimum atomic E-state index is 0.0439. The predicted molar refractivity (Wildman–Crippen MR) is 50.9 cm³/mol. The standard InChI is InChI=1S/C11H8N2O/c14-11-8-4-2-1-3-7(8)9-10(11)13-6-5-12-9/h1-2,4-7H,3H2. The largest absolute Gasteiger partial charge is 0.287 e. The van der Waals surface area contributed by atoms with Crippen LogP contribution < -0.4 is 0 Å². The summed E-state index contributed by atoms with van der Waals surface area (Å²) in [7, 11) is 0. The zero-order chi connectivity index (χ0) is 9.54. The number of aromatic nitrogens is 2. The molecule has 2 aliphatic rings. The Bertz CT molecular complexity index is 474. The molecular weight excluding hydrogens is 176 g/mol. The lowest BCUT2D eigenvalue weighted by atomic mass is 9.93. The van der Waals surface area contributed by atoms with Crippen LogP contribution in [-0.4, -0.2) is 15.8 Å². The molecule has 0 N–H and O–H groups in total. The summed E-state index contributed by atoms with van der Waals surface area (Å²) in [5.74, 6) is 0.193. The van der Waals surface area contributed by atoms with Gasteiger partial charge in [0, 0.05) is 23.9 Å². The lowest BCUT2D eigenvalue weighted by Crippen LogP contribution is -2.02. The van der Waals surface area contributed by atoms with Gasteiger partial charge in [0.2, 0.25) is 5.78 Å². The molecule has 0 fully saturated rings. The SMILES string of the molecule is O=C1C2=CC=CCC2c2nccnc21. The smallest absolute Gasteiger partial charge is 0.209 e. The van der Waals surface area contributed by atoms with Gasteiger partial charge in [-0.25, -0.2) is 4.98 Å². The number of nitrogens with zero attached hydrogens (tertiary/aromatic N) is 2. The molecule has 3 rings (SSSR count). The van der Waals surface area contributed by atoms with Gasteiger partial charge in [-0.15, -0.1) is 0 Å². The number of hydrogen-bond donors (Lipinski definition) is 0. The first-order valence-corrected chi connectivity index (χ1v) is 4.60. The maximum atomic E-state index is 11.8. The van der Waals surface area contributed by atoms with Gasteiger partial charge in [-0.05, 0) is 6.42 Å². The van der Waals surface area contributed by atoms with Gasteiger partial charge >= 0.3 is 0 Å². The van der Waals surface area contributed by atoms with Crippen molar-refractivity contribution in [3.8, 4) is 0 Å². The molecular formula is C11H8N2O. The normalized spacial score (nSPS) is 23.0. The lowest BCUT2D eigenvalue weighted by Gasteiger charge is -2.10. The number of ketones is 1. The van der Waals surface area contributed by atoms with Gasteiger partial charge in [0.05, 0.1) is 5.69 Å². The van der Waals surface area contributed by atoms with Crippen molar-refractivity contribution in [3.05, 3.63) is 47.6 Å². The van der Waals surface area contributed by atoms with Crippen LogP contribution in [0.4, 0.5) is 0 Å². The first-order valence-electron chi connectivity index (χ1n) is 4.60. The molecule has 14 heavy (non-hydrogen) atoms. The molecule has 3 nitrogen and oxygen atoms in total. The quantitative estimate of drug-likeness (QED) is 0.615. The molecule has 68 valence electrons. The van der Waals surface area contributed by atoms with Gasteiger partial charge in [-0.3, -0.25) is 9.78 Å². The predicted octanol–water partition coefficient (Wildman–Crippen LogP) is 1.64. The maximum absolute atomic E-state index is 11.8. The topological polar surface area (TPSA) is 42.9 Å². The Hall–Kier alpha value is -1.77. The van der Waals surface area contributed by atoms with E-state index in [1.165, 1.54) is 0 Å². The molecule has 3 heteroatoms. The van der Waals surface area contributed by atoms with Crippen molar-refractivity contribution in [2.75, 3.05) is 0 Å². The van der Waals surface area contributed by atoms with Crippen molar-refractivity contribution >= 4 is 5.78 Å². The Labute approximate surface area is 81.2 Å². The molecule has 0 bridgehead atoms. The minimum Gasteiger partial charge on any atom is -0.287 e. The molecule has 1 unspecified atom stereocenters. The van der Waals surface area contributed by atoms with Gasteiger partial charge in [-0.1, -0.05) is 18.2 Å². The Morgan fingerprint density at radius 2 is 2.14 bits per heavy atom. The molecule has 0 saturated carbocycles. The summed E-state index contributed by atoms with van der Waals surface area (Å²) in [4.78, 5) is 20.1. The summed E-state index contributed by atoms with van der Waals surface area (Å²) in [6.07, 6.45) is 9.94. The maximum Gasteiger partial charge on any atom is 0.209 e. The van der Waals surface area contributed by atoms with E-state index in [1.54, 1.807) is 12.4 Å². The van der Waals surface area contributed by atoms with Crippen LogP contribution in [0.3, 0.4) is 0 Å². The fourth-order valence-corrected chi connectivity index (χ4v) is 2.04. The second-order valence-corrected chi connectivity index (χ2v) is 3.46. The third kappa shape index (κ3) is 0.839. The van der Waals surface area contributed by atoms with Crippen LogP contribution >= 0.6 is 0 Å². The number of Topliss-reactive ketones (excluding diaryl/α,β-unsaturated/α-hetero) is 1. The third-order valence-corrected chi connectivity index (χ3v) is 2.69. The van der Waals surface area contributed by atoms with E-state index in [1.807, 2.05) is 12.2 Å². The van der Waals surface area contributed by atoms with E-state index in [9.17, 15) is 4.79 Å². The Morgan fingerprint density at radius 1 is 1.29 bits per heavy atom. The van der Waals surface area contributed by atoms with Crippen molar-refractivity contribution in [2.24, 2.45) is 0 Å². The van der Waals surface area contributed by atoms with E-state index < -0.39 is 0 Å². The zero-order valence-electron chi connectivity index (χ0n) is 7.47. The van der Waals surface area contributed by atoms with Crippen LogP contribution in [-0.2, 0) is 0 Å². The lowest BCUT2D eigenvalue weighted by molar-refractivity contribution is 0.103. The monoisotopic (exact) mass is 184 g/mol. The molecule has 2 aliphatic carbocycles. The highest BCUT2D eigenvalue weighted by Crippen LogP contribution is 2.39. The molecule has 1 aromatic rings. The van der Waals surface area contributed by atoms with Gasteiger partial charge in [-0.2, -0.15) is 0 Å². The van der Waals surface area contributed by atoms with E-state index in [0.717, 1.165) is 17.7 Å². The first-order chi connectivity index (χ1) is 6.88. The highest BCUT2D eigenvalue weighted by Gasteiger charge is 2.36. The van der Waals surface area contributed by atoms with E-state index in [2.05, 4.69) is 16.0 Å². The molecule has 1 aromatic heterocycles. The Morgan fingerprint density at radius 3 is 3.07 bits per heavy atom. The summed E-state index contributed by atoms with van der Waals surface area (Å²) in [5.41, 5.74) is 2.22. The molecule has 0 radical (unpaired) electrons. The van der Waals surface area contributed by atoms with Crippen molar-refractivity contribution < 1.29 is 4.79 Å². The fourth-order valence-electron chi connectivity index (χ4n) is 2.04. The third-order valence-electron chi connectivity index (χ3n) is 2.69. The molecule has 0 saturated heterocycles. The molecule has 1 heterocycles. The summed E-state index contributed by atoms with van der Waals surface area (Å²) in [6.45, 7) is 0. The van der Waals surface area contributed by atoms with E-state index in [0.29, 0.717) is 5.69 Å². The molecule has 0 aromatic carbocycles. The summed E-state index contributed by atoms with van der Waals surface area (Å²) in [5, 5.41) is 0. The minimum absolute atomic E-state index is 0.0439. The average Bonchev–Trinajstić information content (AvgIpc) is 2.55. The summed E-state index contributed by atoms with van der Waals surface area (Å²) >= 11 is 0. The molecule has 0 amide bonds. The van der Waals surface area contributed by atoms with Gasteiger partial charge in [0.1, 0.15) is 5.69 Å². The van der Waals surface area contributed by atoms with Crippen LogP contribution in [0.25, 0.3) is 0 Å². The Balaban J connectivity index is 2.24. The Kier molecular flexibility index (Phi) is 1.42. The number of hydrogen-bond acceptors (Lipinski definition) is 3. The number of fused-ring (bicyclic) bond motifs is 3. The van der Waals surface area contributed by atoms with Crippen molar-refractivity contribution in [2.45, 2.75) is 12.3 Å². The zero-order valence-corrected chi connectivity index (χ0v) is 7.47. The molecule has 0 aliphatic heterocycles. The van der Waals surface area contributed by atoms with Crippen molar-refractivity contribution in [3.63, 3.8) is 0 Å². The number of carbonyl (C=O) groups excluding carboxylic acids is 1. The van der Waals surface area contributed by atoms with Gasteiger partial charge < -0.3 is 0 Å². The van der Waals surface area contributed by atoms with Crippen molar-refractivity contribution in [1.29, 1.82) is 0 Å². The fraction of sp³-hybridized carbons (Fsp3) is 0.182. The number of allylic oxidation sites excluding steroid dienone is 4. The molecule has 0 spiro atoms. The van der Waals surface area contributed by atoms with Crippen LogP contribution in [0.1, 0.15) is 28.5 Å². The highest BCUT2D eigenvalue weighted by molar-refractivity contribution is 6.12. The van der Waals surface area contributed by atoms with E-state index in [-0.39, 0.29) is 11.7 Å². The second kappa shape index (κ2) is 2.61. The van der Waals surface area contributed by atoms with E-state index >= 15 is 0 Å². The average molecular weight is 184 g/mol. The van der Waals surface area contributed by atoms with Crippen molar-refractivity contribution in [1.82, 2.24) is 9.97 Å². The number of carbonyl (C=O) groups is 1. The van der Waals surface area contributed by atoms with Gasteiger partial charge in [0.15, 0.2) is 0 Å². The second-order valence-electron chi connectivity index (χ2n) is 3.46. The van der Waals surface area contributed by atoms with E-state index in [4.69, 9.17) is 0 Å². The summed E-state index contributed by atoms with van der Waals surface area (Å²) in [6, 6.07) is 0. The summed E-state index contributed by atoms with van der Waals surface area (Å²) < 4.78 is 0. The van der Waals surface area contributed by atoms with Crippen LogP contribution in [0, 0.1) is 0 Å². The molecule has 1 atom stereocenters. The van der Waals surface area contributed by atoms with Crippen LogP contribution in [0.2, 0.25) is 0 Å². The van der Waals surface area contributed by atoms with Crippen LogP contribution in [0.15, 0.2) is 36.2 Å². The first kappa shape index (κ1) is 7.62. The van der Waals surface area contributed by atoms with Gasteiger partial charge in [0.25, 0.3) is 0 Å². The highest BCUT2D eigenvalue weighted by atomic mass is 16.1.